The summed E-state index contributed by atoms with van der Waals surface area (Å²) in [6, 6.07) is 6.73. The van der Waals surface area contributed by atoms with Gasteiger partial charge in [0.25, 0.3) is 5.69 Å². The molecule has 0 aliphatic heterocycles. The molecule has 20 heavy (non-hydrogen) atoms. The monoisotopic (exact) mass is 276 g/mol. The van der Waals surface area contributed by atoms with E-state index in [1.54, 1.807) is 0 Å². The van der Waals surface area contributed by atoms with E-state index in [-0.39, 0.29) is 23.7 Å². The van der Waals surface area contributed by atoms with Gasteiger partial charge in [0, 0.05) is 18.2 Å². The standard InChI is InChI=1S/C12H8N2O6/c15-6-10-5-11(13-20-10)12(16)19-7-8-1-3-9(4-2-8)14(17)18/h1-6H,7H2. The number of ether oxygens (including phenoxy) is 1. The Labute approximate surface area is 112 Å². The Morgan fingerprint density at radius 2 is 2.10 bits per heavy atom. The van der Waals surface area contributed by atoms with Crippen molar-refractivity contribution in [2.24, 2.45) is 0 Å². The van der Waals surface area contributed by atoms with Crippen LogP contribution in [0.25, 0.3) is 0 Å². The molecule has 1 aromatic carbocycles. The molecule has 0 aliphatic rings. The molecular weight excluding hydrogens is 268 g/mol. The van der Waals surface area contributed by atoms with Gasteiger partial charge in [-0.2, -0.15) is 0 Å². The van der Waals surface area contributed by atoms with E-state index in [0.717, 1.165) is 6.07 Å². The molecule has 2 aromatic rings. The number of rotatable bonds is 5. The third-order valence-corrected chi connectivity index (χ3v) is 2.37. The van der Waals surface area contributed by atoms with E-state index in [4.69, 9.17) is 4.74 Å². The normalized spacial score (nSPS) is 10.0. The largest absolute Gasteiger partial charge is 0.456 e. The van der Waals surface area contributed by atoms with Crippen LogP contribution in [0.4, 0.5) is 5.69 Å². The molecule has 2 rings (SSSR count). The molecule has 0 radical (unpaired) electrons. The van der Waals surface area contributed by atoms with Crippen molar-refractivity contribution in [3.8, 4) is 0 Å². The first-order valence-corrected chi connectivity index (χ1v) is 5.42. The van der Waals surface area contributed by atoms with Crippen LogP contribution < -0.4 is 0 Å². The number of aldehydes is 1. The number of hydrogen-bond acceptors (Lipinski definition) is 7. The predicted octanol–water partition coefficient (Wildman–Crippen LogP) is 1.75. The molecule has 0 aliphatic carbocycles. The third-order valence-electron chi connectivity index (χ3n) is 2.37. The van der Waals surface area contributed by atoms with Crippen molar-refractivity contribution in [1.82, 2.24) is 5.16 Å². The van der Waals surface area contributed by atoms with Crippen LogP contribution in [-0.4, -0.2) is 22.3 Å². The van der Waals surface area contributed by atoms with E-state index in [0.29, 0.717) is 11.8 Å². The maximum atomic E-state index is 11.6. The number of carbonyl (C=O) groups excluding carboxylic acids is 2. The second kappa shape index (κ2) is 5.74. The summed E-state index contributed by atoms with van der Waals surface area (Å²) in [4.78, 5) is 31.9. The van der Waals surface area contributed by atoms with Crippen molar-refractivity contribution >= 4 is 17.9 Å². The van der Waals surface area contributed by atoms with Crippen LogP contribution in [0.3, 0.4) is 0 Å². The minimum absolute atomic E-state index is 0.0489. The molecule has 0 unspecified atom stereocenters. The molecular formula is C12H8N2O6. The highest BCUT2D eigenvalue weighted by Crippen LogP contribution is 2.13. The fourth-order valence-corrected chi connectivity index (χ4v) is 1.38. The highest BCUT2D eigenvalue weighted by atomic mass is 16.6. The Balaban J connectivity index is 1.96. The lowest BCUT2D eigenvalue weighted by molar-refractivity contribution is -0.384. The number of aromatic nitrogens is 1. The van der Waals surface area contributed by atoms with Crippen LogP contribution in [0.2, 0.25) is 0 Å². The summed E-state index contributed by atoms with van der Waals surface area (Å²) in [5.74, 6) is -0.826. The zero-order valence-corrected chi connectivity index (χ0v) is 10.0. The number of nitrogens with zero attached hydrogens (tertiary/aromatic N) is 2. The maximum Gasteiger partial charge on any atom is 0.360 e. The fraction of sp³-hybridized carbons (Fsp3) is 0.0833. The van der Waals surface area contributed by atoms with E-state index in [1.165, 1.54) is 24.3 Å². The SMILES string of the molecule is O=Cc1cc(C(=O)OCc2ccc([N+](=O)[O-])cc2)no1. The predicted molar refractivity (Wildman–Crippen MR) is 64.1 cm³/mol. The minimum Gasteiger partial charge on any atom is -0.456 e. The van der Waals surface area contributed by atoms with Gasteiger partial charge in [-0.25, -0.2) is 4.79 Å². The molecule has 102 valence electrons. The van der Waals surface area contributed by atoms with Crippen LogP contribution in [0.5, 0.6) is 0 Å². The number of nitro benzene ring substituents is 1. The lowest BCUT2D eigenvalue weighted by atomic mass is 10.2. The van der Waals surface area contributed by atoms with Gasteiger partial charge in [-0.15, -0.1) is 0 Å². The van der Waals surface area contributed by atoms with E-state index >= 15 is 0 Å². The van der Waals surface area contributed by atoms with E-state index in [2.05, 4.69) is 9.68 Å². The average molecular weight is 276 g/mol. The van der Waals surface area contributed by atoms with Crippen molar-refractivity contribution in [3.63, 3.8) is 0 Å². The molecule has 0 spiro atoms. The zero-order chi connectivity index (χ0) is 14.5. The summed E-state index contributed by atoms with van der Waals surface area (Å²) < 4.78 is 9.46. The van der Waals surface area contributed by atoms with Gasteiger partial charge in [0.15, 0.2) is 17.7 Å². The van der Waals surface area contributed by atoms with Gasteiger partial charge < -0.3 is 9.26 Å². The summed E-state index contributed by atoms with van der Waals surface area (Å²) in [5, 5.41) is 13.8. The maximum absolute atomic E-state index is 11.6. The quantitative estimate of drug-likeness (QED) is 0.354. The van der Waals surface area contributed by atoms with Crippen molar-refractivity contribution < 1.29 is 23.8 Å². The Hall–Kier alpha value is -3.03. The Morgan fingerprint density at radius 3 is 2.65 bits per heavy atom. The van der Waals surface area contributed by atoms with Gasteiger partial charge in [0.1, 0.15) is 6.61 Å². The summed E-state index contributed by atoms with van der Waals surface area (Å²) in [7, 11) is 0. The molecule has 1 aromatic heterocycles. The molecule has 8 nitrogen and oxygen atoms in total. The highest BCUT2D eigenvalue weighted by molar-refractivity contribution is 5.88. The smallest absolute Gasteiger partial charge is 0.360 e. The van der Waals surface area contributed by atoms with E-state index in [1.807, 2.05) is 0 Å². The van der Waals surface area contributed by atoms with E-state index in [9.17, 15) is 19.7 Å². The number of nitro groups is 1. The lowest BCUT2D eigenvalue weighted by Gasteiger charge is -2.02. The minimum atomic E-state index is -0.750. The van der Waals surface area contributed by atoms with Gasteiger partial charge in [-0.1, -0.05) is 5.16 Å². The molecule has 0 amide bonds. The van der Waals surface area contributed by atoms with Crippen molar-refractivity contribution in [3.05, 3.63) is 57.5 Å². The van der Waals surface area contributed by atoms with Gasteiger partial charge >= 0.3 is 5.97 Å². The van der Waals surface area contributed by atoms with Crippen LogP contribution in [-0.2, 0) is 11.3 Å². The topological polar surface area (TPSA) is 113 Å². The molecule has 0 atom stereocenters. The van der Waals surface area contributed by atoms with E-state index < -0.39 is 10.9 Å². The van der Waals surface area contributed by atoms with Crippen molar-refractivity contribution in [1.29, 1.82) is 0 Å². The third kappa shape index (κ3) is 3.05. The molecule has 1 heterocycles. The number of hydrogen-bond donors (Lipinski definition) is 0. The average Bonchev–Trinajstić information content (AvgIpc) is 2.94. The van der Waals surface area contributed by atoms with Gasteiger partial charge in [0.2, 0.25) is 0 Å². The van der Waals surface area contributed by atoms with Crippen LogP contribution >= 0.6 is 0 Å². The Morgan fingerprint density at radius 1 is 1.40 bits per heavy atom. The summed E-state index contributed by atoms with van der Waals surface area (Å²) >= 11 is 0. The molecule has 0 N–H and O–H groups in total. The van der Waals surface area contributed by atoms with Gasteiger partial charge in [-0.05, 0) is 17.7 Å². The molecule has 0 saturated heterocycles. The second-order valence-corrected chi connectivity index (χ2v) is 3.73. The van der Waals surface area contributed by atoms with Crippen LogP contribution in [0, 0.1) is 10.1 Å². The fourth-order valence-electron chi connectivity index (χ4n) is 1.38. The molecule has 0 fully saturated rings. The first-order chi connectivity index (χ1) is 9.60. The number of benzene rings is 1. The van der Waals surface area contributed by atoms with Gasteiger partial charge in [-0.3, -0.25) is 14.9 Å². The number of esters is 1. The Bertz CT molecular complexity index is 646. The van der Waals surface area contributed by atoms with Crippen molar-refractivity contribution in [2.45, 2.75) is 6.61 Å². The molecule has 0 bridgehead atoms. The summed E-state index contributed by atoms with van der Waals surface area (Å²) in [5.41, 5.74) is 0.421. The second-order valence-electron chi connectivity index (χ2n) is 3.73. The number of non-ortho nitro benzene ring substituents is 1. The highest BCUT2D eigenvalue weighted by Gasteiger charge is 2.14. The van der Waals surface area contributed by atoms with Crippen LogP contribution in [0.15, 0.2) is 34.9 Å². The first kappa shape index (κ1) is 13.4. The molecule has 8 heteroatoms. The first-order valence-electron chi connectivity index (χ1n) is 5.42. The lowest BCUT2D eigenvalue weighted by Crippen LogP contribution is -2.05. The number of carbonyl (C=O) groups is 2. The summed E-state index contributed by atoms with van der Waals surface area (Å²) in [6.45, 7) is -0.0693. The molecule has 0 saturated carbocycles. The van der Waals surface area contributed by atoms with Crippen LogP contribution in [0.1, 0.15) is 26.6 Å². The Kier molecular flexibility index (Phi) is 3.85. The van der Waals surface area contributed by atoms with Crippen molar-refractivity contribution in [2.75, 3.05) is 0 Å². The summed E-state index contributed by atoms with van der Waals surface area (Å²) in [6.07, 6.45) is 0.417. The zero-order valence-electron chi connectivity index (χ0n) is 10.0. The van der Waals surface area contributed by atoms with Gasteiger partial charge in [0.05, 0.1) is 4.92 Å².